The first-order chi connectivity index (χ1) is 15.9. The van der Waals surface area contributed by atoms with Crippen LogP contribution in [0.15, 0.2) is 30.3 Å². The van der Waals surface area contributed by atoms with Gasteiger partial charge in [-0.25, -0.2) is 0 Å². The van der Waals surface area contributed by atoms with Gasteiger partial charge in [0.25, 0.3) is 0 Å². The fourth-order valence-corrected chi connectivity index (χ4v) is 5.25. The third kappa shape index (κ3) is 5.93. The summed E-state index contributed by atoms with van der Waals surface area (Å²) in [6.45, 7) is 6.58. The number of aliphatic hydroxyl groups is 1. The van der Waals surface area contributed by atoms with Gasteiger partial charge in [-0.2, -0.15) is 0 Å². The standard InChI is InChI=1S/C25H38N4O4/c1-19(21-6-4-3-5-7-21)12-23(30)27-10-8-25(32,9-11-27)17-29-18-26-22(13-24(29)31)28-14-20(15-28)16-33-2/h3-7,19-20,22,26,32H,8-18H2,1-2H3/t19-,22?/m1/s1. The average molecular weight is 459 g/mol. The summed E-state index contributed by atoms with van der Waals surface area (Å²) in [6.07, 6.45) is 1.97. The van der Waals surface area contributed by atoms with Gasteiger partial charge in [-0.05, 0) is 24.3 Å². The number of carbonyl (C=O) groups is 2. The zero-order chi connectivity index (χ0) is 23.4. The van der Waals surface area contributed by atoms with E-state index >= 15 is 0 Å². The molecule has 0 saturated carbocycles. The van der Waals surface area contributed by atoms with E-state index in [1.165, 1.54) is 5.56 Å². The van der Waals surface area contributed by atoms with Crippen molar-refractivity contribution in [2.75, 3.05) is 53.1 Å². The largest absolute Gasteiger partial charge is 0.388 e. The number of benzene rings is 1. The molecule has 0 radical (unpaired) electrons. The Morgan fingerprint density at radius 2 is 1.94 bits per heavy atom. The first-order valence-corrected chi connectivity index (χ1v) is 12.2. The first kappa shape index (κ1) is 24.1. The highest BCUT2D eigenvalue weighted by atomic mass is 16.5. The Bertz CT molecular complexity index is 806. The molecule has 1 aromatic carbocycles. The van der Waals surface area contributed by atoms with Crippen molar-refractivity contribution in [2.45, 2.75) is 50.3 Å². The van der Waals surface area contributed by atoms with Gasteiger partial charge in [-0.1, -0.05) is 37.3 Å². The van der Waals surface area contributed by atoms with Crippen molar-refractivity contribution >= 4 is 11.8 Å². The second-order valence-corrected chi connectivity index (χ2v) is 10.1. The molecule has 3 heterocycles. The molecule has 0 aliphatic carbocycles. The van der Waals surface area contributed by atoms with Gasteiger partial charge in [-0.15, -0.1) is 0 Å². The third-order valence-corrected chi connectivity index (χ3v) is 7.45. The van der Waals surface area contributed by atoms with Crippen molar-refractivity contribution in [1.82, 2.24) is 20.0 Å². The summed E-state index contributed by atoms with van der Waals surface area (Å²) in [4.78, 5) is 31.4. The molecule has 33 heavy (non-hydrogen) atoms. The molecule has 0 spiro atoms. The molecule has 1 unspecified atom stereocenters. The van der Waals surface area contributed by atoms with E-state index < -0.39 is 5.60 Å². The van der Waals surface area contributed by atoms with Gasteiger partial charge in [0.1, 0.15) is 0 Å². The van der Waals surface area contributed by atoms with Crippen LogP contribution < -0.4 is 5.32 Å². The summed E-state index contributed by atoms with van der Waals surface area (Å²) in [7, 11) is 1.72. The van der Waals surface area contributed by atoms with E-state index in [4.69, 9.17) is 4.74 Å². The molecule has 182 valence electrons. The van der Waals surface area contributed by atoms with Crippen molar-refractivity contribution in [2.24, 2.45) is 5.92 Å². The predicted molar refractivity (Wildman–Crippen MR) is 125 cm³/mol. The van der Waals surface area contributed by atoms with Gasteiger partial charge in [0.15, 0.2) is 0 Å². The number of nitrogens with one attached hydrogen (secondary N) is 1. The zero-order valence-corrected chi connectivity index (χ0v) is 19.9. The number of methoxy groups -OCH3 is 1. The van der Waals surface area contributed by atoms with Crippen LogP contribution in [-0.2, 0) is 14.3 Å². The molecular weight excluding hydrogens is 420 g/mol. The Morgan fingerprint density at radius 1 is 1.24 bits per heavy atom. The van der Waals surface area contributed by atoms with Gasteiger partial charge in [0, 0.05) is 45.6 Å². The maximum absolute atomic E-state index is 12.8. The van der Waals surface area contributed by atoms with Gasteiger partial charge < -0.3 is 19.6 Å². The number of nitrogens with zero attached hydrogens (tertiary/aromatic N) is 3. The molecule has 8 nitrogen and oxygen atoms in total. The Hall–Kier alpha value is -2.00. The monoisotopic (exact) mass is 458 g/mol. The van der Waals surface area contributed by atoms with E-state index in [-0.39, 0.29) is 23.9 Å². The lowest BCUT2D eigenvalue weighted by Gasteiger charge is -2.48. The highest BCUT2D eigenvalue weighted by Crippen LogP contribution is 2.28. The van der Waals surface area contributed by atoms with Crippen LogP contribution in [-0.4, -0.2) is 96.5 Å². The smallest absolute Gasteiger partial charge is 0.226 e. The molecule has 4 rings (SSSR count). The molecule has 0 aromatic heterocycles. The minimum absolute atomic E-state index is 0.0718. The van der Waals surface area contributed by atoms with Crippen LogP contribution in [0.4, 0.5) is 0 Å². The number of likely N-dealkylation sites (tertiary alicyclic amines) is 2. The van der Waals surface area contributed by atoms with Gasteiger partial charge in [-0.3, -0.25) is 19.8 Å². The van der Waals surface area contributed by atoms with Crippen molar-refractivity contribution in [1.29, 1.82) is 0 Å². The van der Waals surface area contributed by atoms with Crippen LogP contribution in [0.1, 0.15) is 44.1 Å². The molecule has 8 heteroatoms. The quantitative estimate of drug-likeness (QED) is 0.609. The number of carbonyl (C=O) groups excluding carboxylic acids is 2. The summed E-state index contributed by atoms with van der Waals surface area (Å²) >= 11 is 0. The summed E-state index contributed by atoms with van der Waals surface area (Å²) in [5.74, 6) is 0.931. The number of piperidine rings is 1. The van der Waals surface area contributed by atoms with Crippen LogP contribution >= 0.6 is 0 Å². The van der Waals surface area contributed by atoms with Gasteiger partial charge >= 0.3 is 0 Å². The molecule has 3 aliphatic rings. The Balaban J connectivity index is 1.20. The van der Waals surface area contributed by atoms with E-state index in [0.29, 0.717) is 57.9 Å². The minimum Gasteiger partial charge on any atom is -0.388 e. The summed E-state index contributed by atoms with van der Waals surface area (Å²) < 4.78 is 5.20. The Labute approximate surface area is 196 Å². The Morgan fingerprint density at radius 3 is 2.58 bits per heavy atom. The fraction of sp³-hybridized carbons (Fsp3) is 0.680. The fourth-order valence-electron chi connectivity index (χ4n) is 5.25. The van der Waals surface area contributed by atoms with E-state index in [1.54, 1.807) is 12.0 Å². The first-order valence-electron chi connectivity index (χ1n) is 12.2. The third-order valence-electron chi connectivity index (χ3n) is 7.45. The van der Waals surface area contributed by atoms with E-state index in [2.05, 4.69) is 29.3 Å². The molecule has 1 aromatic rings. The van der Waals surface area contributed by atoms with E-state index in [9.17, 15) is 14.7 Å². The normalized spacial score (nSPS) is 25.1. The molecule has 0 bridgehead atoms. The van der Waals surface area contributed by atoms with Crippen molar-refractivity contribution in [3.05, 3.63) is 35.9 Å². The van der Waals surface area contributed by atoms with Crippen molar-refractivity contribution < 1.29 is 19.4 Å². The lowest BCUT2D eigenvalue weighted by Crippen LogP contribution is -2.65. The molecular formula is C25H38N4O4. The molecule has 3 fully saturated rings. The molecule has 2 atom stereocenters. The number of ether oxygens (including phenoxy) is 1. The SMILES string of the molecule is COCC1CN(C2CC(=O)N(CC3(O)CCN(C(=O)C[C@@H](C)c4ccccc4)CC3)CN2)C1. The van der Waals surface area contributed by atoms with Gasteiger partial charge in [0.05, 0.1) is 38.0 Å². The highest BCUT2D eigenvalue weighted by molar-refractivity contribution is 5.78. The van der Waals surface area contributed by atoms with Crippen LogP contribution in [0.25, 0.3) is 0 Å². The lowest BCUT2D eigenvalue weighted by atomic mass is 9.89. The van der Waals surface area contributed by atoms with Crippen LogP contribution in [0, 0.1) is 5.92 Å². The maximum atomic E-state index is 12.8. The van der Waals surface area contributed by atoms with Crippen molar-refractivity contribution in [3.63, 3.8) is 0 Å². The summed E-state index contributed by atoms with van der Waals surface area (Å²) in [6, 6.07) is 10.1. The van der Waals surface area contributed by atoms with Gasteiger partial charge in [0.2, 0.25) is 11.8 Å². The van der Waals surface area contributed by atoms with E-state index in [0.717, 1.165) is 19.7 Å². The maximum Gasteiger partial charge on any atom is 0.226 e. The predicted octanol–water partition coefficient (Wildman–Crippen LogP) is 1.22. The highest BCUT2D eigenvalue weighted by Gasteiger charge is 2.40. The summed E-state index contributed by atoms with van der Waals surface area (Å²) in [5.41, 5.74) is 0.230. The van der Waals surface area contributed by atoms with Crippen LogP contribution in [0.3, 0.4) is 0 Å². The van der Waals surface area contributed by atoms with Crippen molar-refractivity contribution in [3.8, 4) is 0 Å². The second-order valence-electron chi connectivity index (χ2n) is 10.1. The number of β-amino-alcohol motifs (C(OH)–C–C–N with tert-alkyl or cyclic N) is 1. The number of amides is 2. The number of hydrogen-bond donors (Lipinski definition) is 2. The summed E-state index contributed by atoms with van der Waals surface area (Å²) in [5, 5.41) is 14.6. The zero-order valence-electron chi connectivity index (χ0n) is 19.9. The molecule has 3 aliphatic heterocycles. The molecule has 3 saturated heterocycles. The molecule has 2 amide bonds. The second kappa shape index (κ2) is 10.5. The number of rotatable bonds is 8. The lowest BCUT2D eigenvalue weighted by molar-refractivity contribution is -0.148. The molecule has 2 N–H and O–H groups in total. The Kier molecular flexibility index (Phi) is 7.69. The topological polar surface area (TPSA) is 85.4 Å². The van der Waals surface area contributed by atoms with Crippen LogP contribution in [0.2, 0.25) is 0 Å². The average Bonchev–Trinajstić information content (AvgIpc) is 2.78. The van der Waals surface area contributed by atoms with E-state index in [1.807, 2.05) is 23.1 Å². The van der Waals surface area contributed by atoms with Crippen LogP contribution in [0.5, 0.6) is 0 Å². The number of hydrogen-bond acceptors (Lipinski definition) is 6. The minimum atomic E-state index is -0.938.